The highest BCUT2D eigenvalue weighted by Crippen LogP contribution is 2.30. The van der Waals surface area contributed by atoms with Gasteiger partial charge in [-0.15, -0.1) is 0 Å². The summed E-state index contributed by atoms with van der Waals surface area (Å²) in [5.74, 6) is -1.36. The third-order valence-electron chi connectivity index (χ3n) is 4.46. The molecule has 0 radical (unpaired) electrons. The normalized spacial score (nSPS) is 16.3. The van der Waals surface area contributed by atoms with Crippen molar-refractivity contribution >= 4 is 17.2 Å². The molecule has 0 bridgehead atoms. The molecule has 5 nitrogen and oxygen atoms in total. The lowest BCUT2D eigenvalue weighted by Crippen LogP contribution is -2.39. The van der Waals surface area contributed by atoms with Crippen LogP contribution < -0.4 is 15.4 Å². The number of piperidine rings is 1. The third kappa shape index (κ3) is 3.92. The van der Waals surface area contributed by atoms with E-state index in [0.717, 1.165) is 0 Å². The molecule has 0 amide bonds. The molecule has 1 aromatic carbocycles. The topological polar surface area (TPSA) is 75.2 Å². The Kier molecular flexibility index (Phi) is 5.06. The molecule has 1 saturated heterocycles. The van der Waals surface area contributed by atoms with Crippen molar-refractivity contribution in [1.29, 1.82) is 5.41 Å². The largest absolute Gasteiger partial charge is 0.494 e. The van der Waals surface area contributed by atoms with Gasteiger partial charge in [-0.1, -0.05) is 0 Å². The molecular formula is C19H24F2N4O. The molecule has 0 atom stereocenters. The van der Waals surface area contributed by atoms with Gasteiger partial charge in [0.1, 0.15) is 11.6 Å². The number of alkyl halides is 2. The summed E-state index contributed by atoms with van der Waals surface area (Å²) in [5, 5.41) is 8.51. The molecule has 7 heteroatoms. The quantitative estimate of drug-likeness (QED) is 0.624. The maximum absolute atomic E-state index is 13.4. The van der Waals surface area contributed by atoms with E-state index in [1.807, 2.05) is 11.8 Å². The Morgan fingerprint density at radius 1 is 1.31 bits per heavy atom. The molecular weight excluding hydrogens is 338 g/mol. The molecule has 2 heterocycles. The number of benzene rings is 1. The number of pyridine rings is 1. The average Bonchev–Trinajstić information content (AvgIpc) is 2.63. The van der Waals surface area contributed by atoms with Gasteiger partial charge in [0.15, 0.2) is 0 Å². The fourth-order valence-electron chi connectivity index (χ4n) is 2.97. The summed E-state index contributed by atoms with van der Waals surface area (Å²) in [4.78, 5) is 6.11. The monoisotopic (exact) mass is 362 g/mol. The predicted octanol–water partition coefficient (Wildman–Crippen LogP) is 3.96. The number of aromatic nitrogens is 1. The summed E-state index contributed by atoms with van der Waals surface area (Å²) >= 11 is 0. The van der Waals surface area contributed by atoms with Crippen LogP contribution in [0, 0.1) is 5.41 Å². The number of nitrogen functional groups attached to an aromatic ring is 1. The first kappa shape index (κ1) is 18.1. The van der Waals surface area contributed by atoms with E-state index in [-0.39, 0.29) is 33.1 Å². The van der Waals surface area contributed by atoms with Crippen LogP contribution in [0.5, 0.6) is 5.75 Å². The zero-order valence-electron chi connectivity index (χ0n) is 14.6. The van der Waals surface area contributed by atoms with Crippen molar-refractivity contribution in [3.05, 3.63) is 47.7 Å². The van der Waals surface area contributed by atoms with Gasteiger partial charge in [0.25, 0.3) is 5.92 Å². The SMILES string of the molecule is CCOc1ccc(N)c(C(=N)c2ccnc(N3CCC(F)(F)CC3)c2)c1.[HH]. The lowest BCUT2D eigenvalue weighted by atomic mass is 10.0. The van der Waals surface area contributed by atoms with E-state index in [0.29, 0.717) is 35.0 Å². The number of hydrogen-bond acceptors (Lipinski definition) is 5. The Hall–Kier alpha value is -2.70. The van der Waals surface area contributed by atoms with Crippen LogP contribution in [0.15, 0.2) is 36.5 Å². The van der Waals surface area contributed by atoms with E-state index in [1.165, 1.54) is 0 Å². The average molecular weight is 362 g/mol. The number of ether oxygens (including phenoxy) is 1. The van der Waals surface area contributed by atoms with Gasteiger partial charge in [-0.3, -0.25) is 5.41 Å². The molecule has 1 aliphatic rings. The van der Waals surface area contributed by atoms with Crippen molar-refractivity contribution in [1.82, 2.24) is 4.98 Å². The highest BCUT2D eigenvalue weighted by Gasteiger charge is 2.34. The molecule has 0 spiro atoms. The molecule has 140 valence electrons. The van der Waals surface area contributed by atoms with Gasteiger partial charge in [0.2, 0.25) is 0 Å². The molecule has 0 aliphatic carbocycles. The van der Waals surface area contributed by atoms with Gasteiger partial charge in [0, 0.05) is 50.4 Å². The van der Waals surface area contributed by atoms with Crippen LogP contribution in [-0.4, -0.2) is 36.3 Å². The van der Waals surface area contributed by atoms with E-state index in [1.54, 1.807) is 36.5 Å². The van der Waals surface area contributed by atoms with Crippen LogP contribution in [-0.2, 0) is 0 Å². The molecule has 3 N–H and O–H groups in total. The lowest BCUT2D eigenvalue weighted by Gasteiger charge is -2.32. The van der Waals surface area contributed by atoms with Crippen molar-refractivity contribution in [2.75, 3.05) is 30.3 Å². The van der Waals surface area contributed by atoms with Crippen molar-refractivity contribution in [3.8, 4) is 5.75 Å². The second-order valence-electron chi connectivity index (χ2n) is 6.30. The molecule has 1 aromatic heterocycles. The van der Waals surface area contributed by atoms with E-state index < -0.39 is 5.92 Å². The van der Waals surface area contributed by atoms with Gasteiger partial charge in [0.05, 0.1) is 12.3 Å². The minimum Gasteiger partial charge on any atom is -0.494 e. The minimum absolute atomic E-state index is 0. The Morgan fingerprint density at radius 2 is 2.04 bits per heavy atom. The van der Waals surface area contributed by atoms with Gasteiger partial charge in [-0.2, -0.15) is 0 Å². The molecule has 2 aromatic rings. The van der Waals surface area contributed by atoms with Crippen LogP contribution in [0.25, 0.3) is 0 Å². The summed E-state index contributed by atoms with van der Waals surface area (Å²) in [5.41, 5.74) is 7.96. The smallest absolute Gasteiger partial charge is 0.251 e. The summed E-state index contributed by atoms with van der Waals surface area (Å²) in [6.07, 6.45) is 1.23. The number of nitrogens with one attached hydrogen (secondary N) is 1. The summed E-state index contributed by atoms with van der Waals surface area (Å²) in [6.45, 7) is 2.91. The highest BCUT2D eigenvalue weighted by molar-refractivity contribution is 6.14. The van der Waals surface area contributed by atoms with Crippen LogP contribution in [0.2, 0.25) is 0 Å². The maximum atomic E-state index is 13.4. The zero-order valence-corrected chi connectivity index (χ0v) is 14.6. The Bertz CT molecular complexity index is 806. The highest BCUT2D eigenvalue weighted by atomic mass is 19.3. The molecule has 0 unspecified atom stereocenters. The number of anilines is 2. The van der Waals surface area contributed by atoms with Crippen molar-refractivity contribution in [2.45, 2.75) is 25.7 Å². The summed E-state index contributed by atoms with van der Waals surface area (Å²) in [7, 11) is 0. The predicted molar refractivity (Wildman–Crippen MR) is 101 cm³/mol. The van der Waals surface area contributed by atoms with Crippen LogP contribution in [0.4, 0.5) is 20.3 Å². The van der Waals surface area contributed by atoms with E-state index >= 15 is 0 Å². The number of halogens is 2. The van der Waals surface area contributed by atoms with Gasteiger partial charge < -0.3 is 15.4 Å². The number of rotatable bonds is 5. The number of hydrogen-bond donors (Lipinski definition) is 2. The standard InChI is InChI=1S/C19H22F2N4O.H2/c1-2-26-14-3-4-16(22)15(12-14)18(23)13-5-8-24-17(11-13)25-9-6-19(20,21)7-10-25;/h3-5,8,11-12,23H,2,6-7,9-10,22H2,1H3;1H. The first-order valence-electron chi connectivity index (χ1n) is 8.60. The molecule has 26 heavy (non-hydrogen) atoms. The second kappa shape index (κ2) is 7.27. The van der Waals surface area contributed by atoms with Crippen LogP contribution in [0.3, 0.4) is 0 Å². The zero-order chi connectivity index (χ0) is 18.7. The Labute approximate surface area is 152 Å². The summed E-state index contributed by atoms with van der Waals surface area (Å²) in [6, 6.07) is 8.68. The van der Waals surface area contributed by atoms with E-state index in [9.17, 15) is 8.78 Å². The van der Waals surface area contributed by atoms with E-state index in [2.05, 4.69) is 4.98 Å². The number of nitrogens with zero attached hydrogens (tertiary/aromatic N) is 2. The molecule has 0 saturated carbocycles. The van der Waals surface area contributed by atoms with Crippen molar-refractivity contribution < 1.29 is 14.9 Å². The van der Waals surface area contributed by atoms with Crippen LogP contribution in [0.1, 0.15) is 32.3 Å². The van der Waals surface area contributed by atoms with Crippen molar-refractivity contribution in [2.24, 2.45) is 0 Å². The Balaban J connectivity index is 0.00000261. The molecule has 1 aliphatic heterocycles. The van der Waals surface area contributed by atoms with Gasteiger partial charge >= 0.3 is 0 Å². The lowest BCUT2D eigenvalue weighted by molar-refractivity contribution is -0.0221. The van der Waals surface area contributed by atoms with Gasteiger partial charge in [-0.25, -0.2) is 13.8 Å². The summed E-state index contributed by atoms with van der Waals surface area (Å²) < 4.78 is 32.2. The fourth-order valence-corrected chi connectivity index (χ4v) is 2.97. The fraction of sp³-hybridized carbons (Fsp3) is 0.368. The molecule has 1 fully saturated rings. The second-order valence-corrected chi connectivity index (χ2v) is 6.30. The van der Waals surface area contributed by atoms with Crippen molar-refractivity contribution in [3.63, 3.8) is 0 Å². The third-order valence-corrected chi connectivity index (χ3v) is 4.46. The number of nitrogens with two attached hydrogens (primary N) is 1. The maximum Gasteiger partial charge on any atom is 0.251 e. The molecule has 3 rings (SSSR count). The minimum atomic E-state index is -2.60. The van der Waals surface area contributed by atoms with Crippen LogP contribution >= 0.6 is 0 Å². The van der Waals surface area contributed by atoms with Gasteiger partial charge in [-0.05, 0) is 37.3 Å². The first-order chi connectivity index (χ1) is 12.4. The van der Waals surface area contributed by atoms with E-state index in [4.69, 9.17) is 15.9 Å². The first-order valence-corrected chi connectivity index (χ1v) is 8.60. The Morgan fingerprint density at radius 3 is 2.73 bits per heavy atom.